The Hall–Kier alpha value is -1.75. The number of morpholine rings is 1. The molecular formula is C16H23N3O6S. The first-order valence-electron chi connectivity index (χ1n) is 8.65. The molecule has 2 aliphatic heterocycles. The van der Waals surface area contributed by atoms with Gasteiger partial charge in [0.1, 0.15) is 5.69 Å². The minimum absolute atomic E-state index is 0.0355. The Balaban J connectivity index is 1.93. The van der Waals surface area contributed by atoms with E-state index in [1.165, 1.54) is 16.4 Å². The topological polar surface area (TPSA) is 113 Å². The number of piperidine rings is 1. The van der Waals surface area contributed by atoms with Crippen LogP contribution in [0.25, 0.3) is 0 Å². The van der Waals surface area contributed by atoms with E-state index >= 15 is 0 Å². The van der Waals surface area contributed by atoms with E-state index < -0.39 is 14.9 Å². The highest BCUT2D eigenvalue weighted by Gasteiger charge is 2.31. The number of hydrogen-bond donors (Lipinski definition) is 1. The molecular weight excluding hydrogens is 362 g/mol. The first kappa shape index (κ1) is 19.0. The van der Waals surface area contributed by atoms with Crippen LogP contribution in [0.5, 0.6) is 0 Å². The molecule has 0 radical (unpaired) electrons. The Kier molecular flexibility index (Phi) is 5.76. The van der Waals surface area contributed by atoms with Crippen LogP contribution in [0.2, 0.25) is 0 Å². The zero-order valence-corrected chi connectivity index (χ0v) is 15.2. The van der Waals surface area contributed by atoms with E-state index in [0.717, 1.165) is 18.9 Å². The van der Waals surface area contributed by atoms with Gasteiger partial charge in [-0.15, -0.1) is 0 Å². The molecule has 0 bridgehead atoms. The summed E-state index contributed by atoms with van der Waals surface area (Å²) in [5, 5.41) is 20.9. The van der Waals surface area contributed by atoms with Crippen molar-refractivity contribution in [3.8, 4) is 0 Å². The average Bonchev–Trinajstić information content (AvgIpc) is 2.68. The summed E-state index contributed by atoms with van der Waals surface area (Å²) in [6, 6.07) is 4.07. The third-order valence-corrected chi connectivity index (χ3v) is 6.76. The number of ether oxygens (including phenoxy) is 1. The minimum atomic E-state index is -3.79. The van der Waals surface area contributed by atoms with E-state index in [0.29, 0.717) is 32.0 Å². The van der Waals surface area contributed by atoms with Gasteiger partial charge in [-0.05, 0) is 30.9 Å². The van der Waals surface area contributed by atoms with Crippen LogP contribution in [0.4, 0.5) is 11.4 Å². The summed E-state index contributed by atoms with van der Waals surface area (Å²) in [7, 11) is -3.79. The van der Waals surface area contributed by atoms with Crippen LogP contribution in [0, 0.1) is 16.0 Å². The number of aliphatic hydroxyl groups is 1. The molecule has 2 fully saturated rings. The van der Waals surface area contributed by atoms with Crippen LogP contribution < -0.4 is 4.90 Å². The van der Waals surface area contributed by atoms with E-state index in [4.69, 9.17) is 4.74 Å². The van der Waals surface area contributed by atoms with Gasteiger partial charge in [-0.25, -0.2) is 8.42 Å². The van der Waals surface area contributed by atoms with Crippen LogP contribution in [0.1, 0.15) is 12.8 Å². The Morgan fingerprint density at radius 1 is 1.27 bits per heavy atom. The van der Waals surface area contributed by atoms with E-state index in [1.807, 2.05) is 4.90 Å². The van der Waals surface area contributed by atoms with Crippen molar-refractivity contribution in [3.63, 3.8) is 0 Å². The monoisotopic (exact) mass is 385 g/mol. The van der Waals surface area contributed by atoms with Crippen LogP contribution in [0.3, 0.4) is 0 Å². The van der Waals surface area contributed by atoms with Crippen LogP contribution in [-0.2, 0) is 14.8 Å². The van der Waals surface area contributed by atoms with Gasteiger partial charge in [-0.3, -0.25) is 10.1 Å². The molecule has 2 heterocycles. The molecule has 1 aromatic rings. The molecule has 1 aromatic carbocycles. The van der Waals surface area contributed by atoms with Crippen molar-refractivity contribution in [1.29, 1.82) is 0 Å². The van der Waals surface area contributed by atoms with Gasteiger partial charge >= 0.3 is 0 Å². The summed E-state index contributed by atoms with van der Waals surface area (Å²) < 4.78 is 32.0. The van der Waals surface area contributed by atoms with E-state index in [1.54, 1.807) is 0 Å². The largest absolute Gasteiger partial charge is 0.396 e. The summed E-state index contributed by atoms with van der Waals surface area (Å²) in [5.41, 5.74) is 0.173. The lowest BCUT2D eigenvalue weighted by Crippen LogP contribution is -2.40. The fourth-order valence-corrected chi connectivity index (χ4v) is 4.87. The number of aliphatic hydroxyl groups excluding tert-OH is 1. The molecule has 3 rings (SSSR count). The molecule has 1 N–H and O–H groups in total. The van der Waals surface area contributed by atoms with Crippen molar-refractivity contribution in [2.24, 2.45) is 5.92 Å². The number of nitro groups is 1. The molecule has 0 spiro atoms. The zero-order valence-electron chi connectivity index (χ0n) is 14.4. The van der Waals surface area contributed by atoms with Gasteiger partial charge in [0.2, 0.25) is 10.0 Å². The number of benzene rings is 1. The number of anilines is 1. The fraction of sp³-hybridized carbons (Fsp3) is 0.625. The summed E-state index contributed by atoms with van der Waals surface area (Å²) >= 11 is 0. The highest BCUT2D eigenvalue weighted by atomic mass is 32.2. The van der Waals surface area contributed by atoms with Crippen molar-refractivity contribution >= 4 is 21.4 Å². The summed E-state index contributed by atoms with van der Waals surface area (Å²) in [4.78, 5) is 12.8. The SMILES string of the molecule is O=[N+]([O-])c1cc(S(=O)(=O)N2CCOCC2)ccc1N1CCCC(CO)C1. The zero-order chi connectivity index (χ0) is 18.7. The molecule has 10 heteroatoms. The van der Waals surface area contributed by atoms with Crippen molar-refractivity contribution in [1.82, 2.24) is 4.31 Å². The maximum absolute atomic E-state index is 12.7. The molecule has 26 heavy (non-hydrogen) atoms. The van der Waals surface area contributed by atoms with Crippen LogP contribution >= 0.6 is 0 Å². The Bertz CT molecular complexity index is 763. The van der Waals surface area contributed by atoms with Gasteiger partial charge in [0.15, 0.2) is 0 Å². The Morgan fingerprint density at radius 2 is 2.00 bits per heavy atom. The van der Waals surface area contributed by atoms with E-state index in [-0.39, 0.29) is 36.2 Å². The second-order valence-corrected chi connectivity index (χ2v) is 8.50. The maximum atomic E-state index is 12.7. The van der Waals surface area contributed by atoms with Gasteiger partial charge in [0, 0.05) is 38.9 Å². The molecule has 0 aromatic heterocycles. The smallest absolute Gasteiger partial charge is 0.293 e. The molecule has 2 saturated heterocycles. The molecule has 0 amide bonds. The van der Waals surface area contributed by atoms with E-state index in [2.05, 4.69) is 0 Å². The highest BCUT2D eigenvalue weighted by molar-refractivity contribution is 7.89. The second-order valence-electron chi connectivity index (χ2n) is 6.56. The third kappa shape index (κ3) is 3.83. The molecule has 0 aliphatic carbocycles. The summed E-state index contributed by atoms with van der Waals surface area (Å²) in [6.07, 6.45) is 1.71. The van der Waals surface area contributed by atoms with Crippen molar-refractivity contribution < 1.29 is 23.2 Å². The maximum Gasteiger partial charge on any atom is 0.293 e. The molecule has 1 atom stereocenters. The highest BCUT2D eigenvalue weighted by Crippen LogP contribution is 2.34. The van der Waals surface area contributed by atoms with Gasteiger partial charge in [-0.1, -0.05) is 0 Å². The predicted molar refractivity (Wildman–Crippen MR) is 94.7 cm³/mol. The molecule has 2 aliphatic rings. The van der Waals surface area contributed by atoms with Crippen molar-refractivity contribution in [2.75, 3.05) is 50.9 Å². The Morgan fingerprint density at radius 3 is 2.65 bits per heavy atom. The summed E-state index contributed by atoms with van der Waals surface area (Å²) in [6.45, 7) is 2.31. The fourth-order valence-electron chi connectivity index (χ4n) is 3.45. The van der Waals surface area contributed by atoms with Gasteiger partial charge in [-0.2, -0.15) is 4.31 Å². The lowest BCUT2D eigenvalue weighted by molar-refractivity contribution is -0.384. The number of sulfonamides is 1. The molecule has 0 saturated carbocycles. The second kappa shape index (κ2) is 7.87. The third-order valence-electron chi connectivity index (χ3n) is 4.87. The van der Waals surface area contributed by atoms with Crippen molar-refractivity contribution in [3.05, 3.63) is 28.3 Å². The van der Waals surface area contributed by atoms with Crippen molar-refractivity contribution in [2.45, 2.75) is 17.7 Å². The first-order valence-corrected chi connectivity index (χ1v) is 10.1. The minimum Gasteiger partial charge on any atom is -0.396 e. The van der Waals surface area contributed by atoms with Gasteiger partial charge in [0.05, 0.1) is 23.0 Å². The number of nitrogens with zero attached hydrogens (tertiary/aromatic N) is 3. The Labute approximate surface area is 152 Å². The quantitative estimate of drug-likeness (QED) is 0.590. The lowest BCUT2D eigenvalue weighted by Gasteiger charge is -2.33. The number of hydrogen-bond acceptors (Lipinski definition) is 7. The molecule has 1 unspecified atom stereocenters. The number of rotatable bonds is 5. The van der Waals surface area contributed by atoms with Gasteiger partial charge in [0.25, 0.3) is 5.69 Å². The predicted octanol–water partition coefficient (Wildman–Crippen LogP) is 0.824. The first-order chi connectivity index (χ1) is 12.4. The molecule has 9 nitrogen and oxygen atoms in total. The normalized spacial score (nSPS) is 22.3. The van der Waals surface area contributed by atoms with Gasteiger partial charge < -0.3 is 14.7 Å². The van der Waals surface area contributed by atoms with Crippen LogP contribution in [0.15, 0.2) is 23.1 Å². The number of nitro benzene ring substituents is 1. The van der Waals surface area contributed by atoms with Crippen LogP contribution in [-0.4, -0.2) is 68.8 Å². The molecule has 144 valence electrons. The lowest BCUT2D eigenvalue weighted by atomic mass is 9.98. The standard InChI is InChI=1S/C16H23N3O6S/c20-12-13-2-1-5-17(11-13)15-4-3-14(10-16(15)19(21)22)26(23,24)18-6-8-25-9-7-18/h3-4,10,13,20H,1-2,5-9,11-12H2. The van der Waals surface area contributed by atoms with E-state index in [9.17, 15) is 23.6 Å². The average molecular weight is 385 g/mol. The summed E-state index contributed by atoms with van der Waals surface area (Å²) in [5.74, 6) is 0.0695.